The van der Waals surface area contributed by atoms with E-state index in [0.29, 0.717) is 16.4 Å². The van der Waals surface area contributed by atoms with Crippen molar-refractivity contribution in [3.05, 3.63) is 44.3 Å². The lowest BCUT2D eigenvalue weighted by Gasteiger charge is -2.29. The summed E-state index contributed by atoms with van der Waals surface area (Å²) in [6.07, 6.45) is 9.17. The molecule has 4 nitrogen and oxygen atoms in total. The summed E-state index contributed by atoms with van der Waals surface area (Å²) in [6, 6.07) is 1.89. The van der Waals surface area contributed by atoms with E-state index in [2.05, 4.69) is 26.5 Å². The lowest BCUT2D eigenvalue weighted by molar-refractivity contribution is 0.100. The number of nitrogens with zero attached hydrogens (tertiary/aromatic N) is 1. The molecule has 1 aromatic heterocycles. The smallest absolute Gasteiger partial charge is 0.252 e. The van der Waals surface area contributed by atoms with Gasteiger partial charge in [-0.2, -0.15) is 0 Å². The number of carbonyl (C=O) groups excluding carboxylic acids is 1. The summed E-state index contributed by atoms with van der Waals surface area (Å²) in [6.45, 7) is 0. The minimum absolute atomic E-state index is 0.0207. The second-order valence-electron chi connectivity index (χ2n) is 4.96. The van der Waals surface area contributed by atoms with E-state index in [0.717, 1.165) is 6.42 Å². The highest BCUT2D eigenvalue weighted by molar-refractivity contribution is 14.2. The number of aromatic nitrogens is 1. The lowest BCUT2D eigenvalue weighted by Crippen LogP contribution is -2.27. The van der Waals surface area contributed by atoms with E-state index in [9.17, 15) is 4.79 Å². The van der Waals surface area contributed by atoms with Gasteiger partial charge in [0, 0.05) is 6.20 Å². The van der Waals surface area contributed by atoms with Gasteiger partial charge in [0.2, 0.25) is 0 Å². The van der Waals surface area contributed by atoms with E-state index >= 15 is 0 Å². The average molecular weight is 416 g/mol. The first-order valence-corrected chi connectivity index (χ1v) is 9.43. The molecule has 0 saturated heterocycles. The standard InChI is InChI=1S/C15H15ClIN3O/c16-14-7-13(10(8-19-14)15(18)21)20-12-5-1-4-11-9(12)3-2-6-17-11/h2-3,6-8,12H,1,4-5H2,(H2,18,21)(H,19,20). The van der Waals surface area contributed by atoms with Crippen LogP contribution in [0.1, 0.15) is 29.6 Å². The molecule has 0 spiro atoms. The van der Waals surface area contributed by atoms with Crippen molar-refractivity contribution in [2.45, 2.75) is 25.3 Å². The van der Waals surface area contributed by atoms with Crippen LogP contribution in [-0.4, -0.2) is 20.9 Å². The molecule has 1 unspecified atom stereocenters. The largest absolute Gasteiger partial charge is 0.377 e. The summed E-state index contributed by atoms with van der Waals surface area (Å²) in [5.41, 5.74) is 7.84. The summed E-state index contributed by atoms with van der Waals surface area (Å²) in [5, 5.41) is 3.79. The van der Waals surface area contributed by atoms with Gasteiger partial charge >= 0.3 is 0 Å². The molecule has 0 saturated carbocycles. The summed E-state index contributed by atoms with van der Waals surface area (Å²) < 4.78 is 3.87. The minimum Gasteiger partial charge on any atom is -0.377 e. The molecule has 0 aromatic carbocycles. The average Bonchev–Trinajstić information content (AvgIpc) is 2.47. The predicted molar refractivity (Wildman–Crippen MR) is 95.3 cm³/mol. The molecule has 1 aliphatic heterocycles. The fourth-order valence-corrected chi connectivity index (χ4v) is 5.23. The van der Waals surface area contributed by atoms with E-state index in [4.69, 9.17) is 17.3 Å². The summed E-state index contributed by atoms with van der Waals surface area (Å²) in [4.78, 5) is 15.5. The molecule has 1 amide bonds. The summed E-state index contributed by atoms with van der Waals surface area (Å²) >= 11 is 5.97. The normalized spacial score (nSPS) is 20.7. The highest BCUT2D eigenvalue weighted by Crippen LogP contribution is 2.37. The SMILES string of the molecule is NC(=O)c1cnc(Cl)cc1NC1CCCC2=C1C=CC=I2. The Morgan fingerprint density at radius 1 is 1.52 bits per heavy atom. The van der Waals surface area contributed by atoms with Gasteiger partial charge < -0.3 is 11.1 Å². The Balaban J connectivity index is 1.93. The molecule has 21 heavy (non-hydrogen) atoms. The van der Waals surface area contributed by atoms with Crippen molar-refractivity contribution in [1.29, 1.82) is 0 Å². The maximum Gasteiger partial charge on any atom is 0.252 e. The first-order valence-electron chi connectivity index (χ1n) is 6.73. The maximum atomic E-state index is 11.5. The van der Waals surface area contributed by atoms with Crippen LogP contribution in [0.25, 0.3) is 0 Å². The van der Waals surface area contributed by atoms with Crippen molar-refractivity contribution in [3.63, 3.8) is 0 Å². The van der Waals surface area contributed by atoms with Gasteiger partial charge in [0.15, 0.2) is 0 Å². The van der Waals surface area contributed by atoms with Gasteiger partial charge in [-0.15, -0.1) is 0 Å². The molecule has 0 bridgehead atoms. The fraction of sp³-hybridized carbons (Fsp3) is 0.267. The number of nitrogens with one attached hydrogen (secondary N) is 1. The number of rotatable bonds is 3. The number of nitrogens with two attached hydrogens (primary N) is 1. The van der Waals surface area contributed by atoms with Crippen LogP contribution in [0.3, 0.4) is 0 Å². The van der Waals surface area contributed by atoms with E-state index in [1.165, 1.54) is 24.6 Å². The fourth-order valence-electron chi connectivity index (χ4n) is 2.61. The molecule has 0 radical (unpaired) electrons. The van der Waals surface area contributed by atoms with E-state index in [-0.39, 0.29) is 26.8 Å². The van der Waals surface area contributed by atoms with Crippen LogP contribution in [-0.2, 0) is 0 Å². The second kappa shape index (κ2) is 6.27. The molecule has 2 aliphatic rings. The van der Waals surface area contributed by atoms with Crippen molar-refractivity contribution in [1.82, 2.24) is 4.98 Å². The molecular formula is C15H15ClIN3O. The molecule has 1 aliphatic carbocycles. The van der Waals surface area contributed by atoms with Gasteiger partial charge in [-0.3, -0.25) is 4.79 Å². The Kier molecular flexibility index (Phi) is 4.40. The second-order valence-corrected chi connectivity index (χ2v) is 7.99. The Hall–Kier alpha value is -1.21. The monoisotopic (exact) mass is 415 g/mol. The van der Waals surface area contributed by atoms with Crippen molar-refractivity contribution in [2.24, 2.45) is 5.73 Å². The number of pyridine rings is 1. The third-order valence-corrected chi connectivity index (χ3v) is 6.48. The van der Waals surface area contributed by atoms with Gasteiger partial charge in [-0.25, -0.2) is 4.98 Å². The molecule has 3 rings (SSSR count). The zero-order chi connectivity index (χ0) is 14.8. The molecule has 2 heterocycles. The Labute approximate surface area is 138 Å². The first-order chi connectivity index (χ1) is 10.1. The van der Waals surface area contributed by atoms with Crippen molar-refractivity contribution in [2.75, 3.05) is 5.32 Å². The Morgan fingerprint density at radius 3 is 3.19 bits per heavy atom. The van der Waals surface area contributed by atoms with Crippen LogP contribution < -0.4 is 11.1 Å². The predicted octanol–water partition coefficient (Wildman–Crippen LogP) is 3.40. The van der Waals surface area contributed by atoms with Crippen molar-refractivity contribution in [3.8, 4) is 0 Å². The number of hydrogen-bond donors (Lipinski definition) is 2. The quantitative estimate of drug-likeness (QED) is 0.587. The zero-order valence-corrected chi connectivity index (χ0v) is 14.2. The Bertz CT molecular complexity index is 681. The highest BCUT2D eigenvalue weighted by atomic mass is 127. The number of amides is 1. The van der Waals surface area contributed by atoms with Crippen molar-refractivity contribution < 1.29 is 4.79 Å². The Morgan fingerprint density at radius 2 is 2.38 bits per heavy atom. The molecule has 3 N–H and O–H groups in total. The van der Waals surface area contributed by atoms with Crippen LogP contribution in [0.15, 0.2) is 33.6 Å². The van der Waals surface area contributed by atoms with Crippen LogP contribution in [0.2, 0.25) is 5.15 Å². The molecular weight excluding hydrogens is 401 g/mol. The van der Waals surface area contributed by atoms with Gasteiger partial charge in [0.1, 0.15) is 5.15 Å². The molecule has 110 valence electrons. The van der Waals surface area contributed by atoms with Crippen molar-refractivity contribution >= 4 is 47.9 Å². The zero-order valence-electron chi connectivity index (χ0n) is 11.3. The van der Waals surface area contributed by atoms with Gasteiger partial charge in [0.25, 0.3) is 5.91 Å². The summed E-state index contributed by atoms with van der Waals surface area (Å²) in [5.74, 6) is -0.494. The van der Waals surface area contributed by atoms with Crippen LogP contribution in [0.5, 0.6) is 0 Å². The number of anilines is 1. The molecule has 0 fully saturated rings. The summed E-state index contributed by atoms with van der Waals surface area (Å²) in [7, 11) is 0. The van der Waals surface area contributed by atoms with Crippen LogP contribution >= 0.6 is 32.3 Å². The minimum atomic E-state index is -0.494. The van der Waals surface area contributed by atoms with Crippen LogP contribution in [0.4, 0.5) is 5.69 Å². The molecule has 1 atom stereocenters. The number of carbonyl (C=O) groups is 1. The maximum absolute atomic E-state index is 11.5. The topological polar surface area (TPSA) is 68.0 Å². The third-order valence-electron chi connectivity index (χ3n) is 3.59. The van der Waals surface area contributed by atoms with E-state index in [1.807, 2.05) is 0 Å². The molecule has 6 heteroatoms. The lowest BCUT2D eigenvalue weighted by atomic mass is 9.93. The first kappa shape index (κ1) is 14.7. The van der Waals surface area contributed by atoms with Gasteiger partial charge in [0.05, 0.1) is 17.3 Å². The third kappa shape index (κ3) is 3.18. The van der Waals surface area contributed by atoms with E-state index in [1.54, 1.807) is 9.65 Å². The molecule has 1 aromatic rings. The van der Waals surface area contributed by atoms with Crippen LogP contribution in [0, 0.1) is 0 Å². The number of primary amides is 1. The van der Waals surface area contributed by atoms with E-state index < -0.39 is 5.91 Å². The number of allylic oxidation sites excluding steroid dienone is 2. The highest BCUT2D eigenvalue weighted by Gasteiger charge is 2.23. The van der Waals surface area contributed by atoms with Gasteiger partial charge in [-0.1, -0.05) is 44.5 Å². The number of hydrogen-bond acceptors (Lipinski definition) is 3. The number of halogens is 2. The van der Waals surface area contributed by atoms with Gasteiger partial charge in [-0.05, 0) is 38.5 Å².